The van der Waals surface area contributed by atoms with Gasteiger partial charge < -0.3 is 4.74 Å². The number of hydrazone groups is 1. The molecule has 0 N–H and O–H groups in total. The van der Waals surface area contributed by atoms with Crippen LogP contribution in [0.5, 0.6) is 0 Å². The van der Waals surface area contributed by atoms with Gasteiger partial charge in [-0.25, -0.2) is 4.68 Å². The lowest BCUT2D eigenvalue weighted by Crippen LogP contribution is -2.32. The SMILES string of the molecule is Cc1nn(Cc2ccc(Cl)cc2)c(Cl)c1/C=N/N1CCOCC1. The second-order valence-corrected chi connectivity index (χ2v) is 6.18. The van der Waals surface area contributed by atoms with Gasteiger partial charge in [0, 0.05) is 5.02 Å². The fourth-order valence-corrected chi connectivity index (χ4v) is 2.80. The number of halogens is 2. The number of benzene rings is 1. The second kappa shape index (κ2) is 7.34. The van der Waals surface area contributed by atoms with E-state index in [9.17, 15) is 0 Å². The molecular formula is C16H18Cl2N4O. The number of morpholine rings is 1. The molecular weight excluding hydrogens is 335 g/mol. The number of hydrogen-bond acceptors (Lipinski definition) is 4. The van der Waals surface area contributed by atoms with E-state index in [1.54, 1.807) is 10.9 Å². The summed E-state index contributed by atoms with van der Waals surface area (Å²) in [7, 11) is 0. The molecule has 1 aromatic heterocycles. The van der Waals surface area contributed by atoms with Crippen LogP contribution in [0.1, 0.15) is 16.8 Å². The maximum atomic E-state index is 6.47. The highest BCUT2D eigenvalue weighted by Crippen LogP contribution is 2.20. The van der Waals surface area contributed by atoms with Gasteiger partial charge in [-0.1, -0.05) is 35.3 Å². The monoisotopic (exact) mass is 352 g/mol. The highest BCUT2D eigenvalue weighted by molar-refractivity contribution is 6.32. The van der Waals surface area contributed by atoms with Crippen LogP contribution in [0.15, 0.2) is 29.4 Å². The molecule has 1 aliphatic rings. The third kappa shape index (κ3) is 4.05. The number of nitrogens with zero attached hydrogens (tertiary/aromatic N) is 4. The van der Waals surface area contributed by atoms with E-state index in [1.165, 1.54) is 0 Å². The third-order valence-corrected chi connectivity index (χ3v) is 4.34. The van der Waals surface area contributed by atoms with Crippen molar-refractivity contribution in [1.82, 2.24) is 14.8 Å². The summed E-state index contributed by atoms with van der Waals surface area (Å²) < 4.78 is 7.09. The Bertz CT molecular complexity index is 691. The Morgan fingerprint density at radius 1 is 1.22 bits per heavy atom. The van der Waals surface area contributed by atoms with Crippen molar-refractivity contribution < 1.29 is 4.74 Å². The smallest absolute Gasteiger partial charge is 0.136 e. The first kappa shape index (κ1) is 16.3. The Morgan fingerprint density at radius 2 is 1.91 bits per heavy atom. The molecule has 7 heteroatoms. The minimum Gasteiger partial charge on any atom is -0.378 e. The zero-order valence-corrected chi connectivity index (χ0v) is 14.4. The lowest BCUT2D eigenvalue weighted by molar-refractivity contribution is 0.0397. The van der Waals surface area contributed by atoms with Crippen molar-refractivity contribution in [1.29, 1.82) is 0 Å². The number of ether oxygens (including phenoxy) is 1. The molecule has 1 aliphatic heterocycles. The Balaban J connectivity index is 1.75. The maximum Gasteiger partial charge on any atom is 0.136 e. The van der Waals surface area contributed by atoms with E-state index in [0.717, 1.165) is 34.9 Å². The summed E-state index contributed by atoms with van der Waals surface area (Å²) in [5.74, 6) is 0. The molecule has 0 saturated carbocycles. The van der Waals surface area contributed by atoms with Gasteiger partial charge in [-0.2, -0.15) is 10.2 Å². The lowest BCUT2D eigenvalue weighted by Gasteiger charge is -2.23. The minimum atomic E-state index is 0.592. The molecule has 0 aliphatic carbocycles. The molecule has 2 heterocycles. The van der Waals surface area contributed by atoms with Crippen molar-refractivity contribution in [3.63, 3.8) is 0 Å². The van der Waals surface area contributed by atoms with Crippen molar-refractivity contribution in [2.45, 2.75) is 13.5 Å². The van der Waals surface area contributed by atoms with E-state index in [2.05, 4.69) is 10.2 Å². The summed E-state index contributed by atoms with van der Waals surface area (Å²) in [5.41, 5.74) is 2.81. The topological polar surface area (TPSA) is 42.7 Å². The highest BCUT2D eigenvalue weighted by Gasteiger charge is 2.13. The van der Waals surface area contributed by atoms with Gasteiger partial charge >= 0.3 is 0 Å². The van der Waals surface area contributed by atoms with Crippen LogP contribution in [0, 0.1) is 6.92 Å². The van der Waals surface area contributed by atoms with E-state index in [1.807, 2.05) is 36.2 Å². The van der Waals surface area contributed by atoms with Crippen LogP contribution >= 0.6 is 23.2 Å². The van der Waals surface area contributed by atoms with Gasteiger partial charge in [0.15, 0.2) is 0 Å². The number of rotatable bonds is 4. The number of aryl methyl sites for hydroxylation is 1. The molecule has 5 nitrogen and oxygen atoms in total. The zero-order valence-electron chi connectivity index (χ0n) is 12.9. The van der Waals surface area contributed by atoms with Gasteiger partial charge in [-0.15, -0.1) is 0 Å². The van der Waals surface area contributed by atoms with Crippen LogP contribution < -0.4 is 0 Å². The molecule has 0 amide bonds. The molecule has 0 bridgehead atoms. The molecule has 1 aromatic carbocycles. The first-order valence-electron chi connectivity index (χ1n) is 7.47. The first-order chi connectivity index (χ1) is 11.1. The van der Waals surface area contributed by atoms with E-state index in [4.69, 9.17) is 27.9 Å². The average Bonchev–Trinajstić information content (AvgIpc) is 2.82. The number of hydrogen-bond donors (Lipinski definition) is 0. The molecule has 1 fully saturated rings. The van der Waals surface area contributed by atoms with Crippen molar-refractivity contribution in [3.8, 4) is 0 Å². The Labute approximate surface area is 145 Å². The molecule has 1 saturated heterocycles. The Kier molecular flexibility index (Phi) is 5.20. The lowest BCUT2D eigenvalue weighted by atomic mass is 10.2. The molecule has 0 unspecified atom stereocenters. The van der Waals surface area contributed by atoms with E-state index >= 15 is 0 Å². The van der Waals surface area contributed by atoms with Crippen LogP contribution in [0.3, 0.4) is 0 Å². The third-order valence-electron chi connectivity index (χ3n) is 3.69. The average molecular weight is 353 g/mol. The van der Waals surface area contributed by atoms with Gasteiger partial charge in [0.1, 0.15) is 5.15 Å². The summed E-state index contributed by atoms with van der Waals surface area (Å²) in [5, 5.41) is 12.3. The summed E-state index contributed by atoms with van der Waals surface area (Å²) in [4.78, 5) is 0. The van der Waals surface area contributed by atoms with Crippen LogP contribution in [0.25, 0.3) is 0 Å². The van der Waals surface area contributed by atoms with Crippen molar-refractivity contribution in [3.05, 3.63) is 51.3 Å². The quantitative estimate of drug-likeness (QED) is 0.793. The Hall–Kier alpha value is -1.56. The second-order valence-electron chi connectivity index (χ2n) is 5.38. The summed E-state index contributed by atoms with van der Waals surface area (Å²) in [6.07, 6.45) is 1.79. The molecule has 0 spiro atoms. The van der Waals surface area contributed by atoms with Crippen LogP contribution in [0.4, 0.5) is 0 Å². The van der Waals surface area contributed by atoms with Crippen LogP contribution in [-0.2, 0) is 11.3 Å². The van der Waals surface area contributed by atoms with Gasteiger partial charge in [0.25, 0.3) is 0 Å². The summed E-state index contributed by atoms with van der Waals surface area (Å²) >= 11 is 12.4. The largest absolute Gasteiger partial charge is 0.378 e. The van der Waals surface area contributed by atoms with E-state index in [-0.39, 0.29) is 0 Å². The minimum absolute atomic E-state index is 0.592. The number of aromatic nitrogens is 2. The first-order valence-corrected chi connectivity index (χ1v) is 8.23. The van der Waals surface area contributed by atoms with Crippen molar-refractivity contribution >= 4 is 29.4 Å². The van der Waals surface area contributed by atoms with Crippen molar-refractivity contribution in [2.24, 2.45) is 5.10 Å². The van der Waals surface area contributed by atoms with Gasteiger partial charge in [0.2, 0.25) is 0 Å². The fourth-order valence-electron chi connectivity index (χ4n) is 2.39. The van der Waals surface area contributed by atoms with Gasteiger partial charge in [-0.3, -0.25) is 5.01 Å². The van der Waals surface area contributed by atoms with E-state index in [0.29, 0.717) is 24.9 Å². The van der Waals surface area contributed by atoms with Gasteiger partial charge in [-0.05, 0) is 24.6 Å². The summed E-state index contributed by atoms with van der Waals surface area (Å²) in [6.45, 7) is 5.55. The molecule has 23 heavy (non-hydrogen) atoms. The van der Waals surface area contributed by atoms with Crippen LogP contribution in [-0.4, -0.2) is 47.3 Å². The highest BCUT2D eigenvalue weighted by atomic mass is 35.5. The fraction of sp³-hybridized carbons (Fsp3) is 0.375. The van der Waals surface area contributed by atoms with Crippen LogP contribution in [0.2, 0.25) is 10.2 Å². The molecule has 0 atom stereocenters. The predicted octanol–water partition coefficient (Wildman–Crippen LogP) is 3.21. The molecule has 2 aromatic rings. The summed E-state index contributed by atoms with van der Waals surface area (Å²) in [6, 6.07) is 7.66. The standard InChI is InChI=1S/C16H18Cl2N4O/c1-12-15(10-19-21-6-8-23-9-7-21)16(18)22(20-12)11-13-2-4-14(17)5-3-13/h2-5,10H,6-9,11H2,1H3/b19-10+. The maximum absolute atomic E-state index is 6.47. The molecule has 122 valence electrons. The van der Waals surface area contributed by atoms with E-state index < -0.39 is 0 Å². The van der Waals surface area contributed by atoms with Gasteiger partial charge in [0.05, 0.1) is 50.3 Å². The normalized spacial score (nSPS) is 15.5. The Morgan fingerprint density at radius 3 is 2.61 bits per heavy atom. The van der Waals surface area contributed by atoms with Crippen molar-refractivity contribution in [2.75, 3.05) is 26.3 Å². The zero-order chi connectivity index (χ0) is 16.2. The molecule has 3 rings (SSSR count). The molecule has 0 radical (unpaired) electrons. The predicted molar refractivity (Wildman–Crippen MR) is 92.5 cm³/mol.